The van der Waals surface area contributed by atoms with Gasteiger partial charge in [-0.2, -0.15) is 0 Å². The van der Waals surface area contributed by atoms with Crippen LogP contribution in [-0.4, -0.2) is 21.2 Å². The summed E-state index contributed by atoms with van der Waals surface area (Å²) in [6.07, 6.45) is 1.21. The Hall–Kier alpha value is -1.13. The second kappa shape index (κ2) is 5.47. The number of nitrogens with one attached hydrogen (secondary N) is 1. The van der Waals surface area contributed by atoms with E-state index >= 15 is 0 Å². The maximum Gasteiger partial charge on any atom is 0.175 e. The zero-order valence-corrected chi connectivity index (χ0v) is 11.3. The minimum absolute atomic E-state index is 0.0774. The number of rotatable bonds is 5. The standard InChI is InChI=1S/C13H19NO2S/c1-5-14-13(10(2)3)11-6-8-12(9-7-11)17(4,15)16/h6-9,13-14H,2,5H2,1,3-4H3. The molecule has 1 unspecified atom stereocenters. The molecule has 0 aromatic heterocycles. The van der Waals surface area contributed by atoms with Gasteiger partial charge in [-0.25, -0.2) is 8.42 Å². The molecule has 1 N–H and O–H groups in total. The first-order chi connectivity index (χ1) is 7.86. The van der Waals surface area contributed by atoms with E-state index in [0.717, 1.165) is 17.7 Å². The Bertz CT molecular complexity index is 489. The summed E-state index contributed by atoms with van der Waals surface area (Å²) in [6, 6.07) is 7.01. The fourth-order valence-electron chi connectivity index (χ4n) is 1.69. The van der Waals surface area contributed by atoms with Crippen molar-refractivity contribution >= 4 is 9.84 Å². The highest BCUT2D eigenvalue weighted by Crippen LogP contribution is 2.21. The van der Waals surface area contributed by atoms with Crippen molar-refractivity contribution in [2.24, 2.45) is 0 Å². The van der Waals surface area contributed by atoms with E-state index in [-0.39, 0.29) is 6.04 Å². The number of sulfone groups is 1. The molecule has 0 aliphatic heterocycles. The summed E-state index contributed by atoms with van der Waals surface area (Å²) in [6.45, 7) is 8.76. The van der Waals surface area contributed by atoms with Crippen LogP contribution in [0, 0.1) is 0 Å². The van der Waals surface area contributed by atoms with Crippen molar-refractivity contribution < 1.29 is 8.42 Å². The monoisotopic (exact) mass is 253 g/mol. The van der Waals surface area contributed by atoms with E-state index in [1.165, 1.54) is 6.26 Å². The second-order valence-electron chi connectivity index (χ2n) is 4.18. The lowest BCUT2D eigenvalue weighted by Crippen LogP contribution is -2.21. The SMILES string of the molecule is C=C(C)C(NCC)c1ccc(S(C)(=O)=O)cc1. The van der Waals surface area contributed by atoms with Gasteiger partial charge in [0.25, 0.3) is 0 Å². The smallest absolute Gasteiger partial charge is 0.175 e. The molecule has 3 nitrogen and oxygen atoms in total. The molecule has 0 amide bonds. The molecule has 0 fully saturated rings. The van der Waals surface area contributed by atoms with E-state index in [2.05, 4.69) is 11.9 Å². The Morgan fingerprint density at radius 1 is 1.35 bits per heavy atom. The van der Waals surface area contributed by atoms with Gasteiger partial charge >= 0.3 is 0 Å². The lowest BCUT2D eigenvalue weighted by Gasteiger charge is -2.18. The van der Waals surface area contributed by atoms with Crippen molar-refractivity contribution in [2.75, 3.05) is 12.8 Å². The van der Waals surface area contributed by atoms with Crippen LogP contribution < -0.4 is 5.32 Å². The Morgan fingerprint density at radius 3 is 2.24 bits per heavy atom. The number of hydrogen-bond acceptors (Lipinski definition) is 3. The molecule has 1 aromatic carbocycles. The highest BCUT2D eigenvalue weighted by molar-refractivity contribution is 7.90. The van der Waals surface area contributed by atoms with E-state index in [9.17, 15) is 8.42 Å². The first kappa shape index (κ1) is 13.9. The third-order valence-corrected chi connectivity index (χ3v) is 3.67. The van der Waals surface area contributed by atoms with E-state index in [1.807, 2.05) is 26.0 Å². The van der Waals surface area contributed by atoms with Gasteiger partial charge in [-0.1, -0.05) is 31.2 Å². The van der Waals surface area contributed by atoms with E-state index in [4.69, 9.17) is 0 Å². The van der Waals surface area contributed by atoms with Gasteiger partial charge in [-0.15, -0.1) is 0 Å². The summed E-state index contributed by atoms with van der Waals surface area (Å²) in [4.78, 5) is 0.346. The molecule has 17 heavy (non-hydrogen) atoms. The topological polar surface area (TPSA) is 46.2 Å². The van der Waals surface area contributed by atoms with Gasteiger partial charge in [0.15, 0.2) is 9.84 Å². The summed E-state index contributed by atoms with van der Waals surface area (Å²) in [5, 5.41) is 3.31. The largest absolute Gasteiger partial charge is 0.307 e. The molecular formula is C13H19NO2S. The van der Waals surface area contributed by atoms with Crippen LogP contribution in [0.5, 0.6) is 0 Å². The van der Waals surface area contributed by atoms with Crippen LogP contribution in [0.2, 0.25) is 0 Å². The summed E-state index contributed by atoms with van der Waals surface area (Å²) < 4.78 is 22.7. The number of likely N-dealkylation sites (N-methyl/N-ethyl adjacent to an activating group) is 1. The normalized spacial score (nSPS) is 13.4. The van der Waals surface area contributed by atoms with Gasteiger partial charge in [0.2, 0.25) is 0 Å². The molecule has 94 valence electrons. The van der Waals surface area contributed by atoms with Crippen LogP contribution in [0.4, 0.5) is 0 Å². The van der Waals surface area contributed by atoms with E-state index < -0.39 is 9.84 Å². The van der Waals surface area contributed by atoms with Crippen LogP contribution in [-0.2, 0) is 9.84 Å². The molecule has 0 heterocycles. The Balaban J connectivity index is 3.04. The summed E-state index contributed by atoms with van der Waals surface area (Å²) >= 11 is 0. The van der Waals surface area contributed by atoms with Crippen LogP contribution in [0.25, 0.3) is 0 Å². The van der Waals surface area contributed by atoms with Crippen molar-refractivity contribution in [2.45, 2.75) is 24.8 Å². The first-order valence-electron chi connectivity index (χ1n) is 5.55. The molecule has 0 saturated heterocycles. The van der Waals surface area contributed by atoms with E-state index in [1.54, 1.807) is 12.1 Å². The Morgan fingerprint density at radius 2 is 1.88 bits per heavy atom. The highest BCUT2D eigenvalue weighted by Gasteiger charge is 2.12. The first-order valence-corrected chi connectivity index (χ1v) is 7.44. The molecule has 1 rings (SSSR count). The molecule has 0 aliphatic carbocycles. The number of benzene rings is 1. The zero-order valence-electron chi connectivity index (χ0n) is 10.5. The van der Waals surface area contributed by atoms with Gasteiger partial charge in [0.05, 0.1) is 10.9 Å². The van der Waals surface area contributed by atoms with Crippen LogP contribution in [0.1, 0.15) is 25.5 Å². The van der Waals surface area contributed by atoms with E-state index in [0.29, 0.717) is 4.90 Å². The summed E-state index contributed by atoms with van der Waals surface area (Å²) in [5.74, 6) is 0. The minimum atomic E-state index is -3.12. The maximum atomic E-state index is 11.3. The van der Waals surface area contributed by atoms with Crippen molar-refractivity contribution in [3.05, 3.63) is 42.0 Å². The Labute approximate surface area is 103 Å². The van der Waals surface area contributed by atoms with Gasteiger partial charge in [-0.05, 0) is 31.2 Å². The summed E-state index contributed by atoms with van der Waals surface area (Å²) in [5.41, 5.74) is 2.05. The molecule has 4 heteroatoms. The molecule has 0 spiro atoms. The maximum absolute atomic E-state index is 11.3. The fourth-order valence-corrected chi connectivity index (χ4v) is 2.32. The van der Waals surface area contributed by atoms with Gasteiger partial charge in [0.1, 0.15) is 0 Å². The molecule has 1 aromatic rings. The summed E-state index contributed by atoms with van der Waals surface area (Å²) in [7, 11) is -3.12. The third-order valence-electron chi connectivity index (χ3n) is 2.54. The molecule has 0 radical (unpaired) electrons. The molecule has 0 saturated carbocycles. The lowest BCUT2D eigenvalue weighted by molar-refractivity contribution is 0.601. The zero-order chi connectivity index (χ0) is 13.1. The molecule has 0 aliphatic rings. The Kier molecular flexibility index (Phi) is 4.48. The van der Waals surface area contributed by atoms with Crippen LogP contribution >= 0.6 is 0 Å². The second-order valence-corrected chi connectivity index (χ2v) is 6.19. The van der Waals surface area contributed by atoms with Crippen molar-refractivity contribution in [3.8, 4) is 0 Å². The average molecular weight is 253 g/mol. The molecular weight excluding hydrogens is 234 g/mol. The number of hydrogen-bond donors (Lipinski definition) is 1. The van der Waals surface area contributed by atoms with Crippen molar-refractivity contribution in [3.63, 3.8) is 0 Å². The van der Waals surface area contributed by atoms with Crippen LogP contribution in [0.3, 0.4) is 0 Å². The predicted octanol–water partition coefficient (Wildman–Crippen LogP) is 2.32. The van der Waals surface area contributed by atoms with Crippen molar-refractivity contribution in [1.29, 1.82) is 0 Å². The predicted molar refractivity (Wildman–Crippen MR) is 70.8 cm³/mol. The third kappa shape index (κ3) is 3.68. The molecule has 0 bridgehead atoms. The van der Waals surface area contributed by atoms with Gasteiger partial charge in [0, 0.05) is 6.26 Å². The van der Waals surface area contributed by atoms with Gasteiger partial charge in [-0.3, -0.25) is 0 Å². The van der Waals surface area contributed by atoms with Gasteiger partial charge < -0.3 is 5.32 Å². The van der Waals surface area contributed by atoms with Crippen LogP contribution in [0.15, 0.2) is 41.3 Å². The lowest BCUT2D eigenvalue weighted by atomic mass is 10.0. The quantitative estimate of drug-likeness (QED) is 0.819. The average Bonchev–Trinajstić information content (AvgIpc) is 2.24. The minimum Gasteiger partial charge on any atom is -0.307 e. The highest BCUT2D eigenvalue weighted by atomic mass is 32.2. The molecule has 1 atom stereocenters. The fraction of sp³-hybridized carbons (Fsp3) is 0.385. The van der Waals surface area contributed by atoms with Crippen molar-refractivity contribution in [1.82, 2.24) is 5.32 Å².